The van der Waals surface area contributed by atoms with Crippen LogP contribution < -0.4 is 5.73 Å². The largest absolute Gasteiger partial charge is 0.393 e. The van der Waals surface area contributed by atoms with E-state index < -0.39 is 6.10 Å². The van der Waals surface area contributed by atoms with Crippen LogP contribution in [0.3, 0.4) is 0 Å². The van der Waals surface area contributed by atoms with Crippen LogP contribution >= 0.6 is 23.2 Å². The van der Waals surface area contributed by atoms with Gasteiger partial charge in [-0.3, -0.25) is 0 Å². The van der Waals surface area contributed by atoms with E-state index in [1.165, 1.54) is 0 Å². The average molecular weight is 234 g/mol. The SMILES string of the molecule is NCCC(O)Cc1cccc(Cl)c1Cl. The molecule has 0 heterocycles. The lowest BCUT2D eigenvalue weighted by molar-refractivity contribution is 0.167. The number of hydrogen-bond donors (Lipinski definition) is 2. The minimum Gasteiger partial charge on any atom is -0.393 e. The highest BCUT2D eigenvalue weighted by Gasteiger charge is 2.09. The number of hydrogen-bond acceptors (Lipinski definition) is 2. The van der Waals surface area contributed by atoms with Crippen molar-refractivity contribution in [3.8, 4) is 0 Å². The van der Waals surface area contributed by atoms with E-state index in [0.29, 0.717) is 29.4 Å². The molecule has 4 heteroatoms. The molecule has 0 saturated carbocycles. The van der Waals surface area contributed by atoms with Crippen molar-refractivity contribution >= 4 is 23.2 Å². The number of benzene rings is 1. The fourth-order valence-corrected chi connectivity index (χ4v) is 1.65. The van der Waals surface area contributed by atoms with Crippen LogP contribution in [0.1, 0.15) is 12.0 Å². The number of aliphatic hydroxyl groups is 1. The smallest absolute Gasteiger partial charge is 0.0625 e. The summed E-state index contributed by atoms with van der Waals surface area (Å²) in [5, 5.41) is 10.6. The van der Waals surface area contributed by atoms with Crippen LogP contribution in [0.15, 0.2) is 18.2 Å². The molecular weight excluding hydrogens is 221 g/mol. The van der Waals surface area contributed by atoms with Crippen LogP contribution in [0.25, 0.3) is 0 Å². The molecule has 0 fully saturated rings. The van der Waals surface area contributed by atoms with Gasteiger partial charge in [-0.25, -0.2) is 0 Å². The summed E-state index contributed by atoms with van der Waals surface area (Å²) in [7, 11) is 0. The predicted molar refractivity (Wildman–Crippen MR) is 59.8 cm³/mol. The maximum atomic E-state index is 9.54. The summed E-state index contributed by atoms with van der Waals surface area (Å²) in [5.74, 6) is 0. The third-order valence-electron chi connectivity index (χ3n) is 1.99. The molecule has 2 nitrogen and oxygen atoms in total. The van der Waals surface area contributed by atoms with E-state index in [1.54, 1.807) is 6.07 Å². The van der Waals surface area contributed by atoms with Gasteiger partial charge in [0, 0.05) is 0 Å². The normalized spacial score (nSPS) is 12.9. The van der Waals surface area contributed by atoms with Gasteiger partial charge in [-0.2, -0.15) is 0 Å². The molecule has 78 valence electrons. The first kappa shape index (κ1) is 11.8. The third-order valence-corrected chi connectivity index (χ3v) is 2.85. The molecule has 0 radical (unpaired) electrons. The molecule has 1 atom stereocenters. The summed E-state index contributed by atoms with van der Waals surface area (Å²) in [5.41, 5.74) is 6.19. The molecule has 0 spiro atoms. The lowest BCUT2D eigenvalue weighted by Gasteiger charge is -2.10. The summed E-state index contributed by atoms with van der Waals surface area (Å²) in [6, 6.07) is 5.40. The predicted octanol–water partition coefficient (Wildman–Crippen LogP) is 2.25. The topological polar surface area (TPSA) is 46.2 Å². The number of halogens is 2. The van der Waals surface area contributed by atoms with Crippen LogP contribution in [0.2, 0.25) is 10.0 Å². The summed E-state index contributed by atoms with van der Waals surface area (Å²) in [4.78, 5) is 0. The van der Waals surface area contributed by atoms with E-state index in [4.69, 9.17) is 28.9 Å². The van der Waals surface area contributed by atoms with Crippen molar-refractivity contribution in [3.05, 3.63) is 33.8 Å². The average Bonchev–Trinajstić information content (AvgIpc) is 2.13. The van der Waals surface area contributed by atoms with Gasteiger partial charge in [-0.05, 0) is 31.0 Å². The van der Waals surface area contributed by atoms with E-state index in [0.717, 1.165) is 5.56 Å². The lowest BCUT2D eigenvalue weighted by Crippen LogP contribution is -2.16. The number of nitrogens with two attached hydrogens (primary N) is 1. The van der Waals surface area contributed by atoms with Crippen molar-refractivity contribution in [1.29, 1.82) is 0 Å². The Balaban J connectivity index is 2.71. The van der Waals surface area contributed by atoms with Crippen LogP contribution in [-0.2, 0) is 6.42 Å². The minimum atomic E-state index is -0.448. The van der Waals surface area contributed by atoms with Gasteiger partial charge in [-0.1, -0.05) is 35.3 Å². The first-order valence-electron chi connectivity index (χ1n) is 4.46. The maximum absolute atomic E-state index is 9.54. The molecule has 0 aliphatic heterocycles. The standard InChI is InChI=1S/C10H13Cl2NO/c11-9-3-1-2-7(10(9)12)6-8(14)4-5-13/h1-3,8,14H,4-6,13H2. The second kappa shape index (κ2) is 5.56. The second-order valence-corrected chi connectivity index (χ2v) is 3.93. The molecule has 0 aliphatic carbocycles. The van der Waals surface area contributed by atoms with Crippen molar-refractivity contribution in [3.63, 3.8) is 0 Å². The minimum absolute atomic E-state index is 0.448. The van der Waals surface area contributed by atoms with Crippen LogP contribution in [0.5, 0.6) is 0 Å². The van der Waals surface area contributed by atoms with Gasteiger partial charge >= 0.3 is 0 Å². The molecule has 1 unspecified atom stereocenters. The molecule has 0 saturated heterocycles. The van der Waals surface area contributed by atoms with Crippen molar-refractivity contribution in [1.82, 2.24) is 0 Å². The fourth-order valence-electron chi connectivity index (χ4n) is 1.25. The highest BCUT2D eigenvalue weighted by atomic mass is 35.5. The first-order valence-corrected chi connectivity index (χ1v) is 5.21. The third kappa shape index (κ3) is 3.14. The van der Waals surface area contributed by atoms with Crippen molar-refractivity contribution in [2.24, 2.45) is 5.73 Å². The molecule has 1 aromatic rings. The van der Waals surface area contributed by atoms with Crippen molar-refractivity contribution in [2.75, 3.05) is 6.54 Å². The van der Waals surface area contributed by atoms with Crippen molar-refractivity contribution < 1.29 is 5.11 Å². The fraction of sp³-hybridized carbons (Fsp3) is 0.400. The first-order chi connectivity index (χ1) is 6.65. The molecule has 0 aromatic heterocycles. The molecular formula is C10H13Cl2NO. The van der Waals surface area contributed by atoms with Gasteiger partial charge in [0.25, 0.3) is 0 Å². The maximum Gasteiger partial charge on any atom is 0.0625 e. The Morgan fingerprint density at radius 2 is 2.07 bits per heavy atom. The van der Waals surface area contributed by atoms with E-state index in [1.807, 2.05) is 12.1 Å². The van der Waals surface area contributed by atoms with Crippen LogP contribution in [0, 0.1) is 0 Å². The van der Waals surface area contributed by atoms with E-state index in [2.05, 4.69) is 0 Å². The van der Waals surface area contributed by atoms with Crippen LogP contribution in [-0.4, -0.2) is 17.8 Å². The van der Waals surface area contributed by atoms with E-state index in [9.17, 15) is 5.11 Å². The quantitative estimate of drug-likeness (QED) is 0.839. The molecule has 0 aliphatic rings. The van der Waals surface area contributed by atoms with Crippen LogP contribution in [0.4, 0.5) is 0 Å². The zero-order chi connectivity index (χ0) is 10.6. The lowest BCUT2D eigenvalue weighted by atomic mass is 10.1. The zero-order valence-corrected chi connectivity index (χ0v) is 9.22. The van der Waals surface area contributed by atoms with Gasteiger partial charge in [0.2, 0.25) is 0 Å². The van der Waals surface area contributed by atoms with E-state index >= 15 is 0 Å². The number of aliphatic hydroxyl groups excluding tert-OH is 1. The Labute approximate surface area is 93.6 Å². The summed E-state index contributed by atoms with van der Waals surface area (Å²) in [6.45, 7) is 0.472. The molecule has 0 amide bonds. The second-order valence-electron chi connectivity index (χ2n) is 3.15. The Bertz CT molecular complexity index is 304. The highest BCUT2D eigenvalue weighted by molar-refractivity contribution is 6.42. The molecule has 3 N–H and O–H groups in total. The van der Waals surface area contributed by atoms with E-state index in [-0.39, 0.29) is 0 Å². The van der Waals surface area contributed by atoms with Gasteiger partial charge < -0.3 is 10.8 Å². The zero-order valence-electron chi connectivity index (χ0n) is 7.71. The van der Waals surface area contributed by atoms with Crippen molar-refractivity contribution in [2.45, 2.75) is 18.9 Å². The Hall–Kier alpha value is -0.280. The number of rotatable bonds is 4. The molecule has 1 aromatic carbocycles. The summed E-state index contributed by atoms with van der Waals surface area (Å²) in [6.07, 6.45) is 0.621. The van der Waals surface area contributed by atoms with Gasteiger partial charge in [-0.15, -0.1) is 0 Å². The molecule has 0 bridgehead atoms. The highest BCUT2D eigenvalue weighted by Crippen LogP contribution is 2.26. The van der Waals surface area contributed by atoms with Gasteiger partial charge in [0.05, 0.1) is 16.1 Å². The molecule has 1 rings (SSSR count). The van der Waals surface area contributed by atoms with Gasteiger partial charge in [0.15, 0.2) is 0 Å². The Morgan fingerprint density at radius 1 is 1.36 bits per heavy atom. The summed E-state index contributed by atoms with van der Waals surface area (Å²) >= 11 is 11.8. The Morgan fingerprint density at radius 3 is 2.71 bits per heavy atom. The molecule has 14 heavy (non-hydrogen) atoms. The summed E-state index contributed by atoms with van der Waals surface area (Å²) < 4.78 is 0. The monoisotopic (exact) mass is 233 g/mol. The Kier molecular flexibility index (Phi) is 4.69. The van der Waals surface area contributed by atoms with Gasteiger partial charge in [0.1, 0.15) is 0 Å².